The lowest BCUT2D eigenvalue weighted by molar-refractivity contribution is -0.138. The van der Waals surface area contributed by atoms with Crippen LogP contribution in [0.1, 0.15) is 52.5 Å². The molecule has 0 unspecified atom stereocenters. The van der Waals surface area contributed by atoms with Gasteiger partial charge in [0.2, 0.25) is 5.91 Å². The van der Waals surface area contributed by atoms with E-state index in [1.54, 1.807) is 6.92 Å². The fraction of sp³-hybridized carbons (Fsp3) is 0.381. The SMILES string of the molecule is C[C@H](CC(=O)O)CC(=O)Nc1sc2c(c1C(=O)NCc1ccccc1)CCC2. The molecule has 0 bridgehead atoms. The van der Waals surface area contributed by atoms with Crippen LogP contribution in [0.4, 0.5) is 5.00 Å². The van der Waals surface area contributed by atoms with Gasteiger partial charge in [0.15, 0.2) is 0 Å². The first kappa shape index (κ1) is 20.1. The molecule has 1 aromatic heterocycles. The molecular formula is C21H24N2O4S. The molecule has 1 aliphatic carbocycles. The smallest absolute Gasteiger partial charge is 0.303 e. The number of carboxylic acid groups (broad SMARTS) is 1. The summed E-state index contributed by atoms with van der Waals surface area (Å²) in [5.41, 5.74) is 2.60. The van der Waals surface area contributed by atoms with Crippen LogP contribution in [0.2, 0.25) is 0 Å². The van der Waals surface area contributed by atoms with Crippen LogP contribution in [-0.2, 0) is 29.0 Å². The zero-order valence-corrected chi connectivity index (χ0v) is 16.6. The van der Waals surface area contributed by atoms with Gasteiger partial charge < -0.3 is 15.7 Å². The van der Waals surface area contributed by atoms with E-state index in [1.165, 1.54) is 11.3 Å². The van der Waals surface area contributed by atoms with Crippen molar-refractivity contribution >= 4 is 34.1 Å². The van der Waals surface area contributed by atoms with Crippen LogP contribution in [0.15, 0.2) is 30.3 Å². The van der Waals surface area contributed by atoms with Crippen LogP contribution in [0, 0.1) is 5.92 Å². The van der Waals surface area contributed by atoms with Crippen molar-refractivity contribution in [2.75, 3.05) is 5.32 Å². The Kier molecular flexibility index (Phi) is 6.46. The highest BCUT2D eigenvalue weighted by Crippen LogP contribution is 2.39. The quantitative estimate of drug-likeness (QED) is 0.631. The molecule has 0 spiro atoms. The fourth-order valence-corrected chi connectivity index (χ4v) is 4.77. The minimum Gasteiger partial charge on any atom is -0.481 e. The lowest BCUT2D eigenvalue weighted by atomic mass is 10.0. The van der Waals surface area contributed by atoms with E-state index in [-0.39, 0.29) is 30.6 Å². The van der Waals surface area contributed by atoms with Gasteiger partial charge in [-0.15, -0.1) is 11.3 Å². The van der Waals surface area contributed by atoms with Crippen molar-refractivity contribution < 1.29 is 19.5 Å². The van der Waals surface area contributed by atoms with Gasteiger partial charge >= 0.3 is 5.97 Å². The fourth-order valence-electron chi connectivity index (χ4n) is 3.46. The summed E-state index contributed by atoms with van der Waals surface area (Å²) in [7, 11) is 0. The van der Waals surface area contributed by atoms with E-state index in [1.807, 2.05) is 30.3 Å². The van der Waals surface area contributed by atoms with Gasteiger partial charge in [0, 0.05) is 24.3 Å². The maximum atomic E-state index is 12.9. The summed E-state index contributed by atoms with van der Waals surface area (Å²) in [6, 6.07) is 9.67. The Morgan fingerprint density at radius 2 is 1.89 bits per heavy atom. The lowest BCUT2D eigenvalue weighted by Crippen LogP contribution is -2.25. The summed E-state index contributed by atoms with van der Waals surface area (Å²) in [5.74, 6) is -1.63. The predicted octanol–water partition coefficient (Wildman–Crippen LogP) is 3.61. The number of nitrogens with one attached hydrogen (secondary N) is 2. The number of rotatable bonds is 8. The standard InChI is InChI=1S/C21H24N2O4S/c1-13(11-18(25)26)10-17(24)23-21-19(15-8-5-9-16(15)28-21)20(27)22-12-14-6-3-2-4-7-14/h2-4,6-7,13H,5,8-12H2,1H3,(H,22,27)(H,23,24)(H,25,26)/t13-/m0/s1. The Bertz CT molecular complexity index is 876. The average molecular weight is 401 g/mol. The summed E-state index contributed by atoms with van der Waals surface area (Å²) in [5, 5.41) is 15.2. The number of hydrogen-bond acceptors (Lipinski definition) is 4. The van der Waals surface area contributed by atoms with E-state index in [0.717, 1.165) is 35.3 Å². The van der Waals surface area contributed by atoms with Gasteiger partial charge in [-0.2, -0.15) is 0 Å². The van der Waals surface area contributed by atoms with E-state index < -0.39 is 5.97 Å². The highest BCUT2D eigenvalue weighted by molar-refractivity contribution is 7.17. The van der Waals surface area contributed by atoms with Crippen molar-refractivity contribution in [1.82, 2.24) is 5.32 Å². The first-order valence-corrected chi connectivity index (χ1v) is 10.2. The van der Waals surface area contributed by atoms with E-state index in [4.69, 9.17) is 5.11 Å². The largest absolute Gasteiger partial charge is 0.481 e. The number of carboxylic acids is 1. The maximum Gasteiger partial charge on any atom is 0.303 e. The molecular weight excluding hydrogens is 376 g/mol. The molecule has 1 aliphatic rings. The minimum absolute atomic E-state index is 0.0568. The van der Waals surface area contributed by atoms with Crippen LogP contribution in [0.3, 0.4) is 0 Å². The third-order valence-corrected chi connectivity index (χ3v) is 5.96. The highest BCUT2D eigenvalue weighted by Gasteiger charge is 2.27. The molecule has 6 nitrogen and oxygen atoms in total. The molecule has 2 amide bonds. The van der Waals surface area contributed by atoms with Gasteiger partial charge in [-0.3, -0.25) is 14.4 Å². The van der Waals surface area contributed by atoms with Crippen molar-refractivity contribution in [1.29, 1.82) is 0 Å². The Morgan fingerprint density at radius 3 is 2.61 bits per heavy atom. The summed E-state index contributed by atoms with van der Waals surface area (Å²) in [6.45, 7) is 2.16. The molecule has 3 N–H and O–H groups in total. The molecule has 0 saturated heterocycles. The molecule has 2 aromatic rings. The third-order valence-electron chi connectivity index (χ3n) is 4.75. The van der Waals surface area contributed by atoms with Crippen LogP contribution < -0.4 is 10.6 Å². The number of carbonyl (C=O) groups is 3. The van der Waals surface area contributed by atoms with Crippen LogP contribution in [-0.4, -0.2) is 22.9 Å². The van der Waals surface area contributed by atoms with Gasteiger partial charge in [-0.05, 0) is 36.3 Å². The van der Waals surface area contributed by atoms with E-state index in [0.29, 0.717) is 17.1 Å². The molecule has 1 aromatic carbocycles. The van der Waals surface area contributed by atoms with Gasteiger partial charge in [-0.25, -0.2) is 0 Å². The van der Waals surface area contributed by atoms with Crippen molar-refractivity contribution in [2.45, 2.75) is 45.6 Å². The molecule has 0 fully saturated rings. The Balaban J connectivity index is 1.71. The average Bonchev–Trinajstić information content (AvgIpc) is 3.20. The van der Waals surface area contributed by atoms with Gasteiger partial charge in [0.25, 0.3) is 5.91 Å². The Morgan fingerprint density at radius 1 is 1.14 bits per heavy atom. The number of fused-ring (bicyclic) bond motifs is 1. The number of amides is 2. The number of carbonyl (C=O) groups excluding carboxylic acids is 2. The molecule has 1 atom stereocenters. The second-order valence-corrected chi connectivity index (χ2v) is 8.29. The van der Waals surface area contributed by atoms with E-state index in [9.17, 15) is 14.4 Å². The maximum absolute atomic E-state index is 12.9. The number of aryl methyl sites for hydroxylation is 1. The normalized spacial score (nSPS) is 13.6. The van der Waals surface area contributed by atoms with Crippen molar-refractivity contribution in [3.63, 3.8) is 0 Å². The zero-order chi connectivity index (χ0) is 20.1. The summed E-state index contributed by atoms with van der Waals surface area (Å²) < 4.78 is 0. The second kappa shape index (κ2) is 9.01. The summed E-state index contributed by atoms with van der Waals surface area (Å²) >= 11 is 1.46. The van der Waals surface area contributed by atoms with Gasteiger partial charge in [-0.1, -0.05) is 37.3 Å². The Labute approximate surface area is 168 Å². The highest BCUT2D eigenvalue weighted by atomic mass is 32.1. The predicted molar refractivity (Wildman–Crippen MR) is 109 cm³/mol. The van der Waals surface area contributed by atoms with Crippen LogP contribution >= 0.6 is 11.3 Å². The van der Waals surface area contributed by atoms with Crippen molar-refractivity contribution in [3.8, 4) is 0 Å². The van der Waals surface area contributed by atoms with E-state index >= 15 is 0 Å². The number of benzene rings is 1. The number of aliphatic carboxylic acids is 1. The monoisotopic (exact) mass is 400 g/mol. The first-order valence-electron chi connectivity index (χ1n) is 9.42. The number of thiophene rings is 1. The molecule has 7 heteroatoms. The topological polar surface area (TPSA) is 95.5 Å². The summed E-state index contributed by atoms with van der Waals surface area (Å²) in [6.07, 6.45) is 2.83. The van der Waals surface area contributed by atoms with Gasteiger partial charge in [0.1, 0.15) is 5.00 Å². The second-order valence-electron chi connectivity index (χ2n) is 7.19. The molecule has 1 heterocycles. The molecule has 0 saturated carbocycles. The molecule has 28 heavy (non-hydrogen) atoms. The molecule has 3 rings (SSSR count). The first-order chi connectivity index (χ1) is 13.4. The molecule has 148 valence electrons. The summed E-state index contributed by atoms with van der Waals surface area (Å²) in [4.78, 5) is 37.2. The Hall–Kier alpha value is -2.67. The minimum atomic E-state index is -0.920. The van der Waals surface area contributed by atoms with Crippen LogP contribution in [0.5, 0.6) is 0 Å². The number of hydrogen-bond donors (Lipinski definition) is 3. The molecule has 0 radical (unpaired) electrons. The van der Waals surface area contributed by atoms with Crippen LogP contribution in [0.25, 0.3) is 0 Å². The van der Waals surface area contributed by atoms with Gasteiger partial charge in [0.05, 0.1) is 5.56 Å². The lowest BCUT2D eigenvalue weighted by Gasteiger charge is -2.11. The van der Waals surface area contributed by atoms with Crippen molar-refractivity contribution in [2.24, 2.45) is 5.92 Å². The zero-order valence-electron chi connectivity index (χ0n) is 15.8. The number of anilines is 1. The molecule has 0 aliphatic heterocycles. The third kappa shape index (κ3) is 4.98. The van der Waals surface area contributed by atoms with E-state index in [2.05, 4.69) is 10.6 Å². The van der Waals surface area contributed by atoms with Crippen molar-refractivity contribution in [3.05, 3.63) is 51.9 Å².